The monoisotopic (exact) mass is 291 g/mol. The van der Waals surface area contributed by atoms with Crippen molar-refractivity contribution >= 4 is 23.0 Å². The van der Waals surface area contributed by atoms with Crippen molar-refractivity contribution in [2.24, 2.45) is 11.7 Å². The smallest absolute Gasteiger partial charge is 0.136 e. The maximum absolute atomic E-state index is 5.87. The summed E-state index contributed by atoms with van der Waals surface area (Å²) in [5.74, 6) is 1.71. The normalized spacial score (nSPS) is 23.1. The molecule has 2 rings (SSSR count). The van der Waals surface area contributed by atoms with Crippen LogP contribution in [-0.2, 0) is 0 Å². The fourth-order valence-corrected chi connectivity index (χ4v) is 3.33. The summed E-state index contributed by atoms with van der Waals surface area (Å²) in [7, 11) is 0. The summed E-state index contributed by atoms with van der Waals surface area (Å²) in [4.78, 5) is 5.05. The number of thiocarbonyl (C=S) groups is 1. The highest BCUT2D eigenvalue weighted by atomic mass is 32.1. The molecule has 0 spiro atoms. The van der Waals surface area contributed by atoms with Gasteiger partial charge in [0.05, 0.1) is 5.56 Å². The summed E-state index contributed by atoms with van der Waals surface area (Å²) in [6.45, 7) is 6.40. The van der Waals surface area contributed by atoms with Crippen LogP contribution in [0.15, 0.2) is 6.07 Å². The standard InChI is InChI=1S/C16H25N3S/c1-10-5-4-6-13(8-7-10)19-16-14(15(17)20)11(2)9-12(3)18-16/h9-10,13H,4-8H2,1-3H3,(H2,17,20)(H,18,19). The topological polar surface area (TPSA) is 50.9 Å². The van der Waals surface area contributed by atoms with E-state index < -0.39 is 0 Å². The lowest BCUT2D eigenvalue weighted by molar-refractivity contribution is 0.502. The van der Waals surface area contributed by atoms with Gasteiger partial charge in [-0.05, 0) is 50.7 Å². The molecule has 1 saturated carbocycles. The Labute approximate surface area is 127 Å². The lowest BCUT2D eigenvalue weighted by atomic mass is 10.0. The minimum Gasteiger partial charge on any atom is -0.389 e. The Hall–Kier alpha value is -1.16. The van der Waals surface area contributed by atoms with Gasteiger partial charge in [-0.25, -0.2) is 4.98 Å². The van der Waals surface area contributed by atoms with Crippen LogP contribution >= 0.6 is 12.2 Å². The number of rotatable bonds is 3. The lowest BCUT2D eigenvalue weighted by Gasteiger charge is -2.20. The van der Waals surface area contributed by atoms with Gasteiger partial charge in [0, 0.05) is 11.7 Å². The molecule has 2 atom stereocenters. The SMILES string of the molecule is Cc1cc(C)c(C(N)=S)c(NC2CCCC(C)CC2)n1. The van der Waals surface area contributed by atoms with Crippen LogP contribution in [0.1, 0.15) is 55.8 Å². The van der Waals surface area contributed by atoms with Gasteiger partial charge in [-0.1, -0.05) is 32.0 Å². The van der Waals surface area contributed by atoms with Gasteiger partial charge < -0.3 is 11.1 Å². The van der Waals surface area contributed by atoms with E-state index in [0.29, 0.717) is 11.0 Å². The number of aryl methyl sites for hydroxylation is 2. The molecule has 0 bridgehead atoms. The largest absolute Gasteiger partial charge is 0.389 e. The highest BCUT2D eigenvalue weighted by molar-refractivity contribution is 7.80. The number of hydrogen-bond donors (Lipinski definition) is 2. The molecule has 0 aromatic carbocycles. The highest BCUT2D eigenvalue weighted by Gasteiger charge is 2.19. The minimum atomic E-state index is 0.430. The van der Waals surface area contributed by atoms with Crippen LogP contribution in [-0.4, -0.2) is 16.0 Å². The van der Waals surface area contributed by atoms with Gasteiger partial charge in [0.15, 0.2) is 0 Å². The molecule has 20 heavy (non-hydrogen) atoms. The zero-order chi connectivity index (χ0) is 14.7. The van der Waals surface area contributed by atoms with Crippen LogP contribution in [0.25, 0.3) is 0 Å². The Morgan fingerprint density at radius 3 is 2.75 bits per heavy atom. The lowest BCUT2D eigenvalue weighted by Crippen LogP contribution is -2.23. The highest BCUT2D eigenvalue weighted by Crippen LogP contribution is 2.26. The molecule has 1 aliphatic carbocycles. The van der Waals surface area contributed by atoms with Gasteiger partial charge in [0.2, 0.25) is 0 Å². The Balaban J connectivity index is 2.21. The van der Waals surface area contributed by atoms with Crippen molar-refractivity contribution in [3.63, 3.8) is 0 Å². The van der Waals surface area contributed by atoms with E-state index in [4.69, 9.17) is 18.0 Å². The summed E-state index contributed by atoms with van der Waals surface area (Å²) in [6, 6.07) is 2.52. The van der Waals surface area contributed by atoms with Crippen molar-refractivity contribution in [3.05, 3.63) is 22.9 Å². The average Bonchev–Trinajstić information content (AvgIpc) is 2.53. The van der Waals surface area contributed by atoms with Gasteiger partial charge in [-0.2, -0.15) is 0 Å². The quantitative estimate of drug-likeness (QED) is 0.658. The molecule has 3 N–H and O–H groups in total. The summed E-state index contributed by atoms with van der Waals surface area (Å²) < 4.78 is 0. The number of nitrogens with zero attached hydrogens (tertiary/aromatic N) is 1. The van der Waals surface area contributed by atoms with E-state index in [9.17, 15) is 0 Å². The number of anilines is 1. The zero-order valence-electron chi connectivity index (χ0n) is 12.7. The number of pyridine rings is 1. The number of hydrogen-bond acceptors (Lipinski definition) is 3. The molecule has 0 saturated heterocycles. The third-order valence-corrected chi connectivity index (χ3v) is 4.39. The van der Waals surface area contributed by atoms with Crippen LogP contribution in [0.3, 0.4) is 0 Å². The zero-order valence-corrected chi connectivity index (χ0v) is 13.5. The summed E-state index contributed by atoms with van der Waals surface area (Å²) in [5, 5.41) is 3.59. The van der Waals surface area contributed by atoms with E-state index in [-0.39, 0.29) is 0 Å². The maximum atomic E-state index is 5.87. The Kier molecular flexibility index (Phi) is 4.97. The van der Waals surface area contributed by atoms with E-state index in [0.717, 1.165) is 28.6 Å². The molecule has 1 fully saturated rings. The molecule has 3 nitrogen and oxygen atoms in total. The van der Waals surface area contributed by atoms with Gasteiger partial charge >= 0.3 is 0 Å². The third kappa shape index (κ3) is 3.69. The molecule has 1 aromatic heterocycles. The van der Waals surface area contributed by atoms with Gasteiger partial charge in [-0.15, -0.1) is 0 Å². The molecule has 1 aliphatic rings. The first-order chi connectivity index (χ1) is 9.47. The van der Waals surface area contributed by atoms with E-state index in [1.165, 1.54) is 32.1 Å². The maximum Gasteiger partial charge on any atom is 0.136 e. The second-order valence-electron chi connectivity index (χ2n) is 6.12. The van der Waals surface area contributed by atoms with Crippen molar-refractivity contribution < 1.29 is 0 Å². The summed E-state index contributed by atoms with van der Waals surface area (Å²) in [5.41, 5.74) is 8.89. The predicted molar refractivity (Wildman–Crippen MR) is 89.3 cm³/mol. The Morgan fingerprint density at radius 2 is 2.05 bits per heavy atom. The van der Waals surface area contributed by atoms with E-state index in [2.05, 4.69) is 17.2 Å². The molecule has 2 unspecified atom stereocenters. The Morgan fingerprint density at radius 1 is 1.30 bits per heavy atom. The molecule has 0 amide bonds. The van der Waals surface area contributed by atoms with Gasteiger partial charge in [-0.3, -0.25) is 0 Å². The number of nitrogens with two attached hydrogens (primary N) is 1. The van der Waals surface area contributed by atoms with Crippen LogP contribution in [0.4, 0.5) is 5.82 Å². The van der Waals surface area contributed by atoms with Crippen LogP contribution in [0.5, 0.6) is 0 Å². The fourth-order valence-electron chi connectivity index (χ4n) is 3.08. The molecule has 1 heterocycles. The molecule has 0 radical (unpaired) electrons. The van der Waals surface area contributed by atoms with Gasteiger partial charge in [0.1, 0.15) is 10.8 Å². The number of nitrogens with one attached hydrogen (secondary N) is 1. The van der Waals surface area contributed by atoms with Crippen molar-refractivity contribution in [2.75, 3.05) is 5.32 Å². The van der Waals surface area contributed by atoms with Crippen molar-refractivity contribution in [3.8, 4) is 0 Å². The van der Waals surface area contributed by atoms with Crippen molar-refractivity contribution in [2.45, 2.75) is 58.9 Å². The van der Waals surface area contributed by atoms with E-state index in [1.54, 1.807) is 0 Å². The summed E-state index contributed by atoms with van der Waals surface area (Å²) in [6.07, 6.45) is 6.31. The first kappa shape index (κ1) is 15.2. The second-order valence-corrected chi connectivity index (χ2v) is 6.56. The first-order valence-electron chi connectivity index (χ1n) is 7.52. The number of aromatic nitrogens is 1. The van der Waals surface area contributed by atoms with Crippen molar-refractivity contribution in [1.29, 1.82) is 0 Å². The van der Waals surface area contributed by atoms with Crippen LogP contribution < -0.4 is 11.1 Å². The predicted octanol–water partition coefficient (Wildman–Crippen LogP) is 3.71. The van der Waals surface area contributed by atoms with Crippen molar-refractivity contribution in [1.82, 2.24) is 4.98 Å². The van der Waals surface area contributed by atoms with Crippen LogP contribution in [0, 0.1) is 19.8 Å². The molecular weight excluding hydrogens is 266 g/mol. The Bertz CT molecular complexity index is 499. The minimum absolute atomic E-state index is 0.430. The van der Waals surface area contributed by atoms with Gasteiger partial charge in [0.25, 0.3) is 0 Å². The fraction of sp³-hybridized carbons (Fsp3) is 0.625. The molecule has 110 valence electrons. The molecule has 0 aliphatic heterocycles. The summed E-state index contributed by atoms with van der Waals surface area (Å²) >= 11 is 5.19. The first-order valence-corrected chi connectivity index (χ1v) is 7.92. The van der Waals surface area contributed by atoms with E-state index >= 15 is 0 Å². The van der Waals surface area contributed by atoms with Crippen LogP contribution in [0.2, 0.25) is 0 Å². The molecule has 1 aromatic rings. The molecule has 4 heteroatoms. The third-order valence-electron chi connectivity index (χ3n) is 4.19. The molecular formula is C16H25N3S. The second kappa shape index (κ2) is 6.53. The average molecular weight is 291 g/mol. The van der Waals surface area contributed by atoms with E-state index in [1.807, 2.05) is 19.9 Å².